The van der Waals surface area contributed by atoms with Crippen LogP contribution in [0.2, 0.25) is 0 Å². The van der Waals surface area contributed by atoms with E-state index in [4.69, 9.17) is 4.74 Å². The van der Waals surface area contributed by atoms with Gasteiger partial charge in [0, 0.05) is 11.4 Å². The van der Waals surface area contributed by atoms with E-state index in [9.17, 15) is 10.0 Å². The third kappa shape index (κ3) is 4.41. The van der Waals surface area contributed by atoms with Crippen LogP contribution in [0.3, 0.4) is 0 Å². The zero-order valence-corrected chi connectivity index (χ0v) is 17.5. The Kier molecular flexibility index (Phi) is 5.91. The van der Waals surface area contributed by atoms with Crippen LogP contribution in [-0.2, 0) is 0 Å². The average molecular weight is 396 g/mol. The third-order valence-corrected chi connectivity index (χ3v) is 5.28. The number of amides is 2. The number of carbonyl (C=O) groups is 1. The summed E-state index contributed by atoms with van der Waals surface area (Å²) in [6, 6.07) is 7.46. The van der Waals surface area contributed by atoms with Crippen LogP contribution in [0.15, 0.2) is 30.8 Å². The molecule has 1 saturated heterocycles. The zero-order valence-electron chi connectivity index (χ0n) is 17.5. The Morgan fingerprint density at radius 2 is 1.83 bits per heavy atom. The first-order valence-corrected chi connectivity index (χ1v) is 9.66. The lowest BCUT2D eigenvalue weighted by atomic mass is 10.1. The van der Waals surface area contributed by atoms with E-state index in [0.29, 0.717) is 18.8 Å². The van der Waals surface area contributed by atoms with Crippen molar-refractivity contribution in [3.8, 4) is 5.88 Å². The first kappa shape index (κ1) is 20.8. The van der Waals surface area contributed by atoms with Crippen molar-refractivity contribution in [3.63, 3.8) is 0 Å². The van der Waals surface area contributed by atoms with Gasteiger partial charge in [0.15, 0.2) is 0 Å². The van der Waals surface area contributed by atoms with E-state index in [2.05, 4.69) is 53.8 Å². The molecule has 0 atom stereocenters. The van der Waals surface area contributed by atoms with Gasteiger partial charge in [-0.25, -0.2) is 9.78 Å². The van der Waals surface area contributed by atoms with Crippen molar-refractivity contribution in [2.24, 2.45) is 0 Å². The molecule has 1 N–H and O–H groups in total. The number of ether oxygens (including phenoxy) is 1. The van der Waals surface area contributed by atoms with Crippen LogP contribution in [0.1, 0.15) is 22.4 Å². The summed E-state index contributed by atoms with van der Waals surface area (Å²) in [6.07, 6.45) is 1.65. The van der Waals surface area contributed by atoms with Crippen LogP contribution in [0.25, 0.3) is 6.08 Å². The number of hydrogen-bond donors (Lipinski definition) is 1. The van der Waals surface area contributed by atoms with Gasteiger partial charge in [0.25, 0.3) is 0 Å². The standard InChI is InChI=1S/C22H28N4O3/c1-6-18-14-20(21(29-5)23-17(18)4)24-22(27)26(28)9-7-25(8-10-26)19-12-15(2)11-16(3)13-19/h6,11-14H,1,7-10H2,2-5H3,(H,24,27). The highest BCUT2D eigenvalue weighted by Crippen LogP contribution is 2.28. The number of nitrogens with zero attached hydrogens (tertiary/aromatic N) is 3. The van der Waals surface area contributed by atoms with Crippen molar-refractivity contribution in [2.45, 2.75) is 20.8 Å². The quantitative estimate of drug-likeness (QED) is 0.624. The lowest BCUT2D eigenvalue weighted by Crippen LogP contribution is -2.60. The van der Waals surface area contributed by atoms with Gasteiger partial charge in [-0.1, -0.05) is 18.7 Å². The number of anilines is 2. The van der Waals surface area contributed by atoms with Crippen LogP contribution in [0, 0.1) is 26.0 Å². The maximum atomic E-state index is 13.2. The molecule has 2 aromatic rings. The fraction of sp³-hybridized carbons (Fsp3) is 0.364. The maximum absolute atomic E-state index is 13.2. The van der Waals surface area contributed by atoms with E-state index in [1.54, 1.807) is 12.1 Å². The van der Waals surface area contributed by atoms with E-state index in [0.717, 1.165) is 16.9 Å². The van der Waals surface area contributed by atoms with Gasteiger partial charge in [0.05, 0.1) is 20.2 Å². The van der Waals surface area contributed by atoms with E-state index in [1.807, 2.05) is 6.92 Å². The van der Waals surface area contributed by atoms with Crippen molar-refractivity contribution in [1.29, 1.82) is 0 Å². The number of hydrogen-bond acceptors (Lipinski definition) is 5. The summed E-state index contributed by atoms with van der Waals surface area (Å²) in [4.78, 5) is 19.3. The van der Waals surface area contributed by atoms with E-state index < -0.39 is 10.7 Å². The van der Waals surface area contributed by atoms with Crippen molar-refractivity contribution < 1.29 is 14.2 Å². The summed E-state index contributed by atoms with van der Waals surface area (Å²) in [6.45, 7) is 11.1. The number of aryl methyl sites for hydroxylation is 3. The molecule has 1 aromatic heterocycles. The predicted octanol–water partition coefficient (Wildman–Crippen LogP) is 4.03. The number of methoxy groups -OCH3 is 1. The van der Waals surface area contributed by atoms with Gasteiger partial charge in [-0.15, -0.1) is 0 Å². The zero-order chi connectivity index (χ0) is 21.2. The summed E-state index contributed by atoms with van der Waals surface area (Å²) in [5, 5.41) is 15.9. The molecule has 0 radical (unpaired) electrons. The molecular weight excluding hydrogens is 368 g/mol. The molecule has 0 aliphatic carbocycles. The molecule has 1 aliphatic heterocycles. The number of piperazine rings is 1. The highest BCUT2D eigenvalue weighted by atomic mass is 16.6. The lowest BCUT2D eigenvalue weighted by Gasteiger charge is -2.45. The largest absolute Gasteiger partial charge is 0.624 e. The SMILES string of the molecule is C=Cc1cc(NC(=O)[N+]2([O-])CCN(c3cc(C)cc(C)c3)CC2)c(OC)nc1C. The number of pyridine rings is 1. The van der Waals surface area contributed by atoms with Gasteiger partial charge >= 0.3 is 6.03 Å². The minimum atomic E-state index is -0.929. The van der Waals surface area contributed by atoms with Crippen LogP contribution in [-0.4, -0.2) is 49.0 Å². The van der Waals surface area contributed by atoms with Crippen molar-refractivity contribution in [2.75, 3.05) is 43.5 Å². The highest BCUT2D eigenvalue weighted by molar-refractivity contribution is 5.87. The van der Waals surface area contributed by atoms with Gasteiger partial charge < -0.3 is 14.8 Å². The number of rotatable bonds is 4. The second-order valence-corrected chi connectivity index (χ2v) is 7.52. The van der Waals surface area contributed by atoms with E-state index in [1.165, 1.54) is 18.2 Å². The summed E-state index contributed by atoms with van der Waals surface area (Å²) >= 11 is 0. The first-order valence-electron chi connectivity index (χ1n) is 9.66. The molecule has 0 unspecified atom stereocenters. The number of aromatic nitrogens is 1. The number of carbonyl (C=O) groups excluding carboxylic acids is 1. The number of quaternary nitrogens is 1. The summed E-state index contributed by atoms with van der Waals surface area (Å²) in [5.41, 5.74) is 5.35. The van der Waals surface area contributed by atoms with Gasteiger partial charge in [0.1, 0.15) is 18.8 Å². The van der Waals surface area contributed by atoms with Crippen molar-refractivity contribution in [1.82, 2.24) is 4.98 Å². The fourth-order valence-electron chi connectivity index (χ4n) is 3.65. The van der Waals surface area contributed by atoms with Crippen LogP contribution in [0.5, 0.6) is 5.88 Å². The van der Waals surface area contributed by atoms with Crippen molar-refractivity contribution >= 4 is 23.5 Å². The van der Waals surface area contributed by atoms with Gasteiger partial charge in [-0.3, -0.25) is 9.96 Å². The molecule has 7 heteroatoms. The molecule has 0 saturated carbocycles. The summed E-state index contributed by atoms with van der Waals surface area (Å²) in [7, 11) is 1.48. The van der Waals surface area contributed by atoms with Gasteiger partial charge in [0.2, 0.25) is 5.88 Å². The Morgan fingerprint density at radius 3 is 2.38 bits per heavy atom. The Labute approximate surface area is 171 Å². The topological polar surface area (TPSA) is 77.5 Å². The van der Waals surface area contributed by atoms with Crippen LogP contribution < -0.4 is 15.0 Å². The van der Waals surface area contributed by atoms with Gasteiger partial charge in [-0.2, -0.15) is 0 Å². The Bertz CT molecular complexity index is 914. The Hall–Kier alpha value is -2.90. The average Bonchev–Trinajstić information content (AvgIpc) is 2.68. The molecule has 3 rings (SSSR count). The van der Waals surface area contributed by atoms with Gasteiger partial charge in [-0.05, 0) is 55.7 Å². The van der Waals surface area contributed by atoms with E-state index in [-0.39, 0.29) is 19.0 Å². The Balaban J connectivity index is 1.73. The molecule has 0 bridgehead atoms. The molecule has 154 valence electrons. The molecule has 7 nitrogen and oxygen atoms in total. The Morgan fingerprint density at radius 1 is 1.21 bits per heavy atom. The minimum absolute atomic E-state index is 0.175. The first-order chi connectivity index (χ1) is 13.8. The van der Waals surface area contributed by atoms with Crippen LogP contribution in [0.4, 0.5) is 16.2 Å². The maximum Gasteiger partial charge on any atom is 0.421 e. The molecule has 2 amide bonds. The minimum Gasteiger partial charge on any atom is -0.624 e. The number of benzene rings is 1. The number of hydroxylamine groups is 3. The summed E-state index contributed by atoms with van der Waals surface area (Å²) in [5.74, 6) is 0.280. The van der Waals surface area contributed by atoms with E-state index >= 15 is 0 Å². The second kappa shape index (κ2) is 8.23. The predicted molar refractivity (Wildman–Crippen MR) is 116 cm³/mol. The normalized spacial score (nSPS) is 15.7. The summed E-state index contributed by atoms with van der Waals surface area (Å²) < 4.78 is 4.34. The molecule has 29 heavy (non-hydrogen) atoms. The number of nitrogens with one attached hydrogen (secondary N) is 1. The smallest absolute Gasteiger partial charge is 0.421 e. The van der Waals surface area contributed by atoms with Crippen molar-refractivity contribution in [3.05, 3.63) is 58.4 Å². The van der Waals surface area contributed by atoms with Crippen LogP contribution >= 0.6 is 0 Å². The highest BCUT2D eigenvalue weighted by Gasteiger charge is 2.33. The third-order valence-electron chi connectivity index (χ3n) is 5.28. The second-order valence-electron chi connectivity index (χ2n) is 7.52. The lowest BCUT2D eigenvalue weighted by molar-refractivity contribution is -0.797. The monoisotopic (exact) mass is 396 g/mol. The molecule has 1 fully saturated rings. The molecule has 2 heterocycles. The molecular formula is C22H28N4O3. The molecule has 1 aliphatic rings. The fourth-order valence-corrected chi connectivity index (χ4v) is 3.65. The number of urea groups is 1. The molecule has 0 spiro atoms. The molecule has 1 aromatic carbocycles.